The average Bonchev–Trinajstić information content (AvgIpc) is 3.16. The van der Waals surface area contributed by atoms with E-state index in [1.54, 1.807) is 6.07 Å². The summed E-state index contributed by atoms with van der Waals surface area (Å²) in [4.78, 5) is 36.6. The number of rotatable bonds is 8. The minimum absolute atomic E-state index is 0.0252. The number of hydrogen-bond donors (Lipinski definition) is 2. The van der Waals surface area contributed by atoms with E-state index in [0.717, 1.165) is 12.1 Å². The van der Waals surface area contributed by atoms with Gasteiger partial charge in [0, 0.05) is 25.6 Å². The molecule has 0 radical (unpaired) electrons. The van der Waals surface area contributed by atoms with Gasteiger partial charge >= 0.3 is 6.18 Å². The van der Waals surface area contributed by atoms with Crippen molar-refractivity contribution in [2.24, 2.45) is 0 Å². The van der Waals surface area contributed by atoms with Crippen LogP contribution in [0.5, 0.6) is 0 Å². The summed E-state index contributed by atoms with van der Waals surface area (Å²) in [5.74, 6) is -0.716. The Hall–Kier alpha value is -3.63. The molecule has 1 saturated heterocycles. The molecular weight excluding hydrogens is 429 g/mol. The minimum Gasteiger partial charge on any atom is -0.371 e. The molecule has 1 fully saturated rings. The first-order chi connectivity index (χ1) is 15.1. The van der Waals surface area contributed by atoms with Crippen LogP contribution in [-0.2, 0) is 15.8 Å². The maximum absolute atomic E-state index is 13.2. The van der Waals surface area contributed by atoms with E-state index in [4.69, 9.17) is 0 Å². The standard InChI is InChI=1S/C21H21F3N4O4/c22-21(23,24)15-6-3-5-14(11-15)17(13-27-10-4-9-20(27)30)26-19(29)12-25-16-7-1-2-8-18(16)28(31)32/h1-3,5-8,11,17,25H,4,9-10,12-13H2,(H,26,29). The summed E-state index contributed by atoms with van der Waals surface area (Å²) in [5, 5.41) is 16.4. The lowest BCUT2D eigenvalue weighted by atomic mass is 10.0. The van der Waals surface area contributed by atoms with Crippen molar-refractivity contribution in [3.8, 4) is 0 Å². The highest BCUT2D eigenvalue weighted by Crippen LogP contribution is 2.31. The lowest BCUT2D eigenvalue weighted by Gasteiger charge is -2.26. The number of amides is 2. The maximum Gasteiger partial charge on any atom is 0.416 e. The smallest absolute Gasteiger partial charge is 0.371 e. The summed E-state index contributed by atoms with van der Waals surface area (Å²) in [6.07, 6.45) is -3.56. The van der Waals surface area contributed by atoms with Crippen molar-refractivity contribution in [1.29, 1.82) is 0 Å². The van der Waals surface area contributed by atoms with Crippen LogP contribution < -0.4 is 10.6 Å². The predicted molar refractivity (Wildman–Crippen MR) is 110 cm³/mol. The normalized spacial score (nSPS) is 14.8. The van der Waals surface area contributed by atoms with E-state index in [2.05, 4.69) is 10.6 Å². The van der Waals surface area contributed by atoms with Crippen LogP contribution in [0.2, 0.25) is 0 Å². The molecule has 2 aromatic carbocycles. The number of nitrogens with zero attached hydrogens (tertiary/aromatic N) is 2. The third kappa shape index (κ3) is 5.74. The number of nitro benzene ring substituents is 1. The maximum atomic E-state index is 13.2. The molecule has 2 amide bonds. The number of benzene rings is 2. The molecule has 11 heteroatoms. The lowest BCUT2D eigenvalue weighted by Crippen LogP contribution is -2.40. The van der Waals surface area contributed by atoms with Crippen LogP contribution in [0.1, 0.15) is 30.0 Å². The topological polar surface area (TPSA) is 105 Å². The summed E-state index contributed by atoms with van der Waals surface area (Å²) < 4.78 is 39.5. The van der Waals surface area contributed by atoms with Gasteiger partial charge in [0.1, 0.15) is 5.69 Å². The van der Waals surface area contributed by atoms with Gasteiger partial charge in [-0.05, 0) is 30.2 Å². The molecule has 1 unspecified atom stereocenters. The molecule has 2 aromatic rings. The van der Waals surface area contributed by atoms with Crippen molar-refractivity contribution in [3.05, 3.63) is 69.8 Å². The van der Waals surface area contributed by atoms with Gasteiger partial charge in [0.15, 0.2) is 0 Å². The number of halogens is 3. The minimum atomic E-state index is -4.55. The number of alkyl halides is 3. The highest BCUT2D eigenvalue weighted by Gasteiger charge is 2.32. The van der Waals surface area contributed by atoms with E-state index in [-0.39, 0.29) is 35.9 Å². The van der Waals surface area contributed by atoms with E-state index in [1.165, 1.54) is 35.2 Å². The predicted octanol–water partition coefficient (Wildman–Crippen LogP) is 3.51. The number of nitro groups is 1. The van der Waals surface area contributed by atoms with E-state index in [9.17, 15) is 32.9 Å². The van der Waals surface area contributed by atoms with Crippen molar-refractivity contribution in [1.82, 2.24) is 10.2 Å². The summed E-state index contributed by atoms with van der Waals surface area (Å²) in [5.41, 5.74) is -0.728. The first-order valence-corrected chi connectivity index (χ1v) is 9.86. The van der Waals surface area contributed by atoms with Crippen LogP contribution in [-0.4, -0.2) is 41.3 Å². The van der Waals surface area contributed by atoms with Gasteiger partial charge in [-0.2, -0.15) is 13.2 Å². The second-order valence-corrected chi connectivity index (χ2v) is 7.31. The number of hydrogen-bond acceptors (Lipinski definition) is 5. The second-order valence-electron chi connectivity index (χ2n) is 7.31. The molecule has 0 saturated carbocycles. The van der Waals surface area contributed by atoms with Gasteiger partial charge in [-0.25, -0.2) is 0 Å². The zero-order valence-corrected chi connectivity index (χ0v) is 16.9. The number of anilines is 1. The molecule has 170 valence electrons. The molecule has 0 spiro atoms. The first-order valence-electron chi connectivity index (χ1n) is 9.86. The molecule has 1 aliphatic heterocycles. The summed E-state index contributed by atoms with van der Waals surface area (Å²) in [6.45, 7) is 0.143. The van der Waals surface area contributed by atoms with Gasteiger partial charge in [0.05, 0.1) is 23.1 Å². The molecule has 0 aliphatic carbocycles. The summed E-state index contributed by atoms with van der Waals surface area (Å²) in [7, 11) is 0. The third-order valence-corrected chi connectivity index (χ3v) is 5.07. The van der Waals surface area contributed by atoms with Gasteiger partial charge in [-0.3, -0.25) is 19.7 Å². The number of nitrogens with one attached hydrogen (secondary N) is 2. The molecule has 1 aliphatic rings. The zero-order valence-electron chi connectivity index (χ0n) is 16.9. The Morgan fingerprint density at radius 2 is 1.94 bits per heavy atom. The van der Waals surface area contributed by atoms with Crippen molar-refractivity contribution in [3.63, 3.8) is 0 Å². The lowest BCUT2D eigenvalue weighted by molar-refractivity contribution is -0.383. The highest BCUT2D eigenvalue weighted by atomic mass is 19.4. The van der Waals surface area contributed by atoms with Gasteiger partial charge < -0.3 is 15.5 Å². The average molecular weight is 450 g/mol. The van der Waals surface area contributed by atoms with Crippen LogP contribution in [0.25, 0.3) is 0 Å². The van der Waals surface area contributed by atoms with Crippen molar-refractivity contribution >= 4 is 23.2 Å². The number of para-hydroxylation sites is 2. The van der Waals surface area contributed by atoms with E-state index < -0.39 is 28.6 Å². The van der Waals surface area contributed by atoms with Crippen LogP contribution in [0.3, 0.4) is 0 Å². The monoisotopic (exact) mass is 450 g/mol. The number of carbonyl (C=O) groups excluding carboxylic acids is 2. The Morgan fingerprint density at radius 3 is 2.59 bits per heavy atom. The van der Waals surface area contributed by atoms with E-state index in [0.29, 0.717) is 19.4 Å². The van der Waals surface area contributed by atoms with Gasteiger partial charge in [0.25, 0.3) is 5.69 Å². The Balaban J connectivity index is 1.76. The number of likely N-dealkylation sites (tertiary alicyclic amines) is 1. The van der Waals surface area contributed by atoms with E-state index >= 15 is 0 Å². The van der Waals surface area contributed by atoms with Crippen molar-refractivity contribution in [2.45, 2.75) is 25.1 Å². The fraction of sp³-hybridized carbons (Fsp3) is 0.333. The second kappa shape index (κ2) is 9.67. The Labute approximate surface area is 181 Å². The Morgan fingerprint density at radius 1 is 1.19 bits per heavy atom. The number of carbonyl (C=O) groups is 2. The summed E-state index contributed by atoms with van der Waals surface area (Å²) >= 11 is 0. The Bertz CT molecular complexity index is 1010. The molecule has 8 nitrogen and oxygen atoms in total. The highest BCUT2D eigenvalue weighted by molar-refractivity contribution is 5.82. The van der Waals surface area contributed by atoms with Crippen molar-refractivity contribution in [2.75, 3.05) is 25.0 Å². The molecule has 3 rings (SSSR count). The van der Waals surface area contributed by atoms with Crippen LogP contribution in [0.4, 0.5) is 24.5 Å². The first kappa shape index (κ1) is 23.0. The Kier molecular flexibility index (Phi) is 6.96. The van der Waals surface area contributed by atoms with Gasteiger partial charge in [-0.15, -0.1) is 0 Å². The summed E-state index contributed by atoms with van der Waals surface area (Å²) in [6, 6.07) is 9.48. The molecule has 0 aromatic heterocycles. The van der Waals surface area contributed by atoms with Crippen molar-refractivity contribution < 1.29 is 27.7 Å². The zero-order chi connectivity index (χ0) is 23.3. The molecule has 0 bridgehead atoms. The van der Waals surface area contributed by atoms with Crippen LogP contribution in [0.15, 0.2) is 48.5 Å². The fourth-order valence-corrected chi connectivity index (χ4v) is 3.49. The fourth-order valence-electron chi connectivity index (χ4n) is 3.49. The van der Waals surface area contributed by atoms with Gasteiger partial charge in [0.2, 0.25) is 11.8 Å². The SMILES string of the molecule is O=C(CNc1ccccc1[N+](=O)[O-])NC(CN1CCCC1=O)c1cccc(C(F)(F)F)c1. The quantitative estimate of drug-likeness (QED) is 0.473. The van der Waals surface area contributed by atoms with Gasteiger partial charge in [-0.1, -0.05) is 24.3 Å². The third-order valence-electron chi connectivity index (χ3n) is 5.07. The molecular formula is C21H21F3N4O4. The van der Waals surface area contributed by atoms with E-state index in [1.807, 2.05) is 0 Å². The molecule has 1 heterocycles. The van der Waals surface area contributed by atoms with Crippen LogP contribution >= 0.6 is 0 Å². The molecule has 1 atom stereocenters. The largest absolute Gasteiger partial charge is 0.416 e. The molecule has 32 heavy (non-hydrogen) atoms. The van der Waals surface area contributed by atoms with Crippen LogP contribution in [0, 0.1) is 10.1 Å². The molecule has 2 N–H and O–H groups in total.